The van der Waals surface area contributed by atoms with Gasteiger partial charge in [0.05, 0.1) is 7.11 Å². The van der Waals surface area contributed by atoms with Crippen molar-refractivity contribution in [2.24, 2.45) is 0 Å². The molecule has 0 unspecified atom stereocenters. The molecule has 0 saturated heterocycles. The summed E-state index contributed by atoms with van der Waals surface area (Å²) in [6, 6.07) is 13.0. The SMILES string of the molecule is COc1ccc2nc(-c3ccc(N)cc3)oc2c1. The highest BCUT2D eigenvalue weighted by atomic mass is 16.5. The minimum absolute atomic E-state index is 0.582. The van der Waals surface area contributed by atoms with Crippen LogP contribution in [0.2, 0.25) is 0 Å². The Morgan fingerprint density at radius 2 is 1.89 bits per heavy atom. The number of nitrogen functional groups attached to an aromatic ring is 1. The molecule has 18 heavy (non-hydrogen) atoms. The third-order valence-corrected chi connectivity index (χ3v) is 2.75. The number of ether oxygens (including phenoxy) is 1. The number of aromatic nitrogens is 1. The third kappa shape index (κ3) is 1.78. The first-order valence-corrected chi connectivity index (χ1v) is 5.57. The van der Waals surface area contributed by atoms with Crippen molar-refractivity contribution in [3.8, 4) is 17.2 Å². The molecule has 0 atom stereocenters. The molecule has 2 N–H and O–H groups in total. The van der Waals surface area contributed by atoms with Crippen LogP contribution in [0.15, 0.2) is 46.9 Å². The van der Waals surface area contributed by atoms with Crippen molar-refractivity contribution in [2.45, 2.75) is 0 Å². The van der Waals surface area contributed by atoms with Gasteiger partial charge in [0, 0.05) is 17.3 Å². The topological polar surface area (TPSA) is 61.3 Å². The fourth-order valence-corrected chi connectivity index (χ4v) is 1.78. The molecule has 0 fully saturated rings. The van der Waals surface area contributed by atoms with Crippen LogP contribution in [0.4, 0.5) is 5.69 Å². The molecule has 0 radical (unpaired) electrons. The summed E-state index contributed by atoms with van der Waals surface area (Å²) in [5, 5.41) is 0. The third-order valence-electron chi connectivity index (χ3n) is 2.75. The lowest BCUT2D eigenvalue weighted by molar-refractivity contribution is 0.414. The van der Waals surface area contributed by atoms with E-state index in [9.17, 15) is 0 Å². The quantitative estimate of drug-likeness (QED) is 0.699. The minimum Gasteiger partial charge on any atom is -0.497 e. The number of benzene rings is 2. The van der Waals surface area contributed by atoms with Gasteiger partial charge in [-0.05, 0) is 36.4 Å². The van der Waals surface area contributed by atoms with Crippen LogP contribution in [-0.4, -0.2) is 12.1 Å². The molecule has 4 heteroatoms. The number of hydrogen-bond donors (Lipinski definition) is 1. The summed E-state index contributed by atoms with van der Waals surface area (Å²) in [4.78, 5) is 4.42. The second-order valence-corrected chi connectivity index (χ2v) is 3.97. The average molecular weight is 240 g/mol. The van der Waals surface area contributed by atoms with Crippen molar-refractivity contribution >= 4 is 16.8 Å². The standard InChI is InChI=1S/C14H12N2O2/c1-17-11-6-7-12-13(8-11)18-14(16-12)9-2-4-10(15)5-3-9/h2-8H,15H2,1H3. The van der Waals surface area contributed by atoms with Crippen molar-refractivity contribution in [1.82, 2.24) is 4.98 Å². The molecule has 4 nitrogen and oxygen atoms in total. The number of oxazole rings is 1. The van der Waals surface area contributed by atoms with Gasteiger partial charge in [-0.3, -0.25) is 0 Å². The van der Waals surface area contributed by atoms with E-state index in [2.05, 4.69) is 4.98 Å². The number of nitrogens with two attached hydrogens (primary N) is 1. The zero-order valence-corrected chi connectivity index (χ0v) is 9.88. The van der Waals surface area contributed by atoms with Crippen LogP contribution in [-0.2, 0) is 0 Å². The molecule has 90 valence electrons. The van der Waals surface area contributed by atoms with Gasteiger partial charge in [0.15, 0.2) is 5.58 Å². The highest BCUT2D eigenvalue weighted by molar-refractivity contribution is 5.77. The fourth-order valence-electron chi connectivity index (χ4n) is 1.78. The van der Waals surface area contributed by atoms with E-state index in [1.807, 2.05) is 42.5 Å². The molecule has 2 aromatic carbocycles. The number of hydrogen-bond acceptors (Lipinski definition) is 4. The lowest BCUT2D eigenvalue weighted by Crippen LogP contribution is -1.83. The molecule has 0 spiro atoms. The maximum Gasteiger partial charge on any atom is 0.227 e. The van der Waals surface area contributed by atoms with Crippen molar-refractivity contribution in [2.75, 3.05) is 12.8 Å². The number of fused-ring (bicyclic) bond motifs is 1. The second kappa shape index (κ2) is 4.07. The van der Waals surface area contributed by atoms with Crippen LogP contribution < -0.4 is 10.5 Å². The maximum atomic E-state index is 5.70. The Kier molecular flexibility index (Phi) is 2.41. The van der Waals surface area contributed by atoms with Gasteiger partial charge >= 0.3 is 0 Å². The van der Waals surface area contributed by atoms with E-state index in [1.54, 1.807) is 7.11 Å². The van der Waals surface area contributed by atoms with E-state index in [-0.39, 0.29) is 0 Å². The van der Waals surface area contributed by atoms with Crippen LogP contribution >= 0.6 is 0 Å². The summed E-state index contributed by atoms with van der Waals surface area (Å²) in [6.07, 6.45) is 0. The Morgan fingerprint density at radius 3 is 2.61 bits per heavy atom. The zero-order chi connectivity index (χ0) is 12.5. The Bertz CT molecular complexity index is 687. The number of anilines is 1. The van der Waals surface area contributed by atoms with Gasteiger partial charge in [-0.2, -0.15) is 0 Å². The van der Waals surface area contributed by atoms with Crippen molar-refractivity contribution in [3.63, 3.8) is 0 Å². The van der Waals surface area contributed by atoms with Crippen LogP contribution in [0.3, 0.4) is 0 Å². The Hall–Kier alpha value is -2.49. The Labute approximate surface area is 104 Å². The van der Waals surface area contributed by atoms with Crippen molar-refractivity contribution in [3.05, 3.63) is 42.5 Å². The van der Waals surface area contributed by atoms with Gasteiger partial charge in [-0.15, -0.1) is 0 Å². The van der Waals surface area contributed by atoms with Gasteiger partial charge in [0.25, 0.3) is 0 Å². The monoisotopic (exact) mass is 240 g/mol. The van der Waals surface area contributed by atoms with Crippen LogP contribution in [0.25, 0.3) is 22.6 Å². The molecule has 0 saturated carbocycles. The van der Waals surface area contributed by atoms with E-state index in [1.165, 1.54) is 0 Å². The number of methoxy groups -OCH3 is 1. The molecule has 3 rings (SSSR count). The summed E-state index contributed by atoms with van der Waals surface area (Å²) in [6.45, 7) is 0. The van der Waals surface area contributed by atoms with Gasteiger partial charge < -0.3 is 14.9 Å². The van der Waals surface area contributed by atoms with E-state index in [0.717, 1.165) is 22.5 Å². The predicted octanol–water partition coefficient (Wildman–Crippen LogP) is 3.09. The highest BCUT2D eigenvalue weighted by Crippen LogP contribution is 2.27. The molecule has 3 aromatic rings. The Balaban J connectivity index is 2.10. The maximum absolute atomic E-state index is 5.70. The summed E-state index contributed by atoms with van der Waals surface area (Å²) < 4.78 is 10.9. The van der Waals surface area contributed by atoms with Crippen LogP contribution in [0, 0.1) is 0 Å². The van der Waals surface area contributed by atoms with E-state index < -0.39 is 0 Å². The molecular formula is C14H12N2O2. The predicted molar refractivity (Wildman–Crippen MR) is 70.4 cm³/mol. The lowest BCUT2D eigenvalue weighted by Gasteiger charge is -1.96. The molecule has 1 aromatic heterocycles. The zero-order valence-electron chi connectivity index (χ0n) is 9.88. The van der Waals surface area contributed by atoms with Gasteiger partial charge in [0.1, 0.15) is 11.3 Å². The first-order valence-electron chi connectivity index (χ1n) is 5.57. The summed E-state index contributed by atoms with van der Waals surface area (Å²) in [5.41, 5.74) is 8.79. The molecule has 0 bridgehead atoms. The second-order valence-electron chi connectivity index (χ2n) is 3.97. The van der Waals surface area contributed by atoms with Gasteiger partial charge in [0.2, 0.25) is 5.89 Å². The van der Waals surface area contributed by atoms with Crippen molar-refractivity contribution < 1.29 is 9.15 Å². The van der Waals surface area contributed by atoms with Gasteiger partial charge in [-0.1, -0.05) is 0 Å². The molecule has 1 heterocycles. The van der Waals surface area contributed by atoms with E-state index >= 15 is 0 Å². The molecule has 0 aliphatic carbocycles. The first kappa shape index (κ1) is 10.7. The number of rotatable bonds is 2. The van der Waals surface area contributed by atoms with Crippen molar-refractivity contribution in [1.29, 1.82) is 0 Å². The molecule has 0 amide bonds. The Morgan fingerprint density at radius 1 is 1.11 bits per heavy atom. The highest BCUT2D eigenvalue weighted by Gasteiger charge is 2.08. The largest absolute Gasteiger partial charge is 0.497 e. The molecule has 0 aliphatic rings. The number of nitrogens with zero attached hydrogens (tertiary/aromatic N) is 1. The van der Waals surface area contributed by atoms with E-state index in [4.69, 9.17) is 14.9 Å². The fraction of sp³-hybridized carbons (Fsp3) is 0.0714. The smallest absolute Gasteiger partial charge is 0.227 e. The molecule has 0 aliphatic heterocycles. The van der Waals surface area contributed by atoms with E-state index in [0.29, 0.717) is 11.5 Å². The average Bonchev–Trinajstić information content (AvgIpc) is 2.82. The molecular weight excluding hydrogens is 228 g/mol. The summed E-state index contributed by atoms with van der Waals surface area (Å²) in [5.74, 6) is 1.33. The van der Waals surface area contributed by atoms with Crippen LogP contribution in [0.5, 0.6) is 5.75 Å². The minimum atomic E-state index is 0.582. The lowest BCUT2D eigenvalue weighted by atomic mass is 10.2. The normalized spacial score (nSPS) is 10.7. The van der Waals surface area contributed by atoms with Crippen LogP contribution in [0.1, 0.15) is 0 Å². The van der Waals surface area contributed by atoms with Gasteiger partial charge in [-0.25, -0.2) is 4.98 Å². The first-order chi connectivity index (χ1) is 8.76. The summed E-state index contributed by atoms with van der Waals surface area (Å²) >= 11 is 0. The summed E-state index contributed by atoms with van der Waals surface area (Å²) in [7, 11) is 1.62.